The minimum absolute atomic E-state index is 0.185. The second kappa shape index (κ2) is 14.1. The van der Waals surface area contributed by atoms with Crippen molar-refractivity contribution in [3.8, 4) is 28.6 Å². The summed E-state index contributed by atoms with van der Waals surface area (Å²) in [6.07, 6.45) is 1.58. The number of nitrogens with one attached hydrogen (secondary N) is 1. The molecular weight excluding hydrogens is 580 g/mol. The molecule has 0 atom stereocenters. The third-order valence-electron chi connectivity index (χ3n) is 7.56. The van der Waals surface area contributed by atoms with E-state index in [0.29, 0.717) is 40.4 Å². The number of benzene rings is 4. The molecule has 0 unspecified atom stereocenters. The first-order chi connectivity index (χ1) is 22.2. The van der Waals surface area contributed by atoms with Crippen LogP contribution < -0.4 is 25.1 Å². The van der Waals surface area contributed by atoms with E-state index in [0.717, 1.165) is 33.7 Å². The van der Waals surface area contributed by atoms with E-state index in [2.05, 4.69) is 24.3 Å². The number of hydrogen-bond donors (Lipinski definition) is 1. The molecule has 5 aromatic rings. The average Bonchev–Trinajstić information content (AvgIpc) is 3.04. The molecule has 0 aliphatic heterocycles. The highest BCUT2D eigenvalue weighted by Gasteiger charge is 2.18. The van der Waals surface area contributed by atoms with Gasteiger partial charge in [0.15, 0.2) is 23.9 Å². The number of hydrogen-bond acceptors (Lipinski definition) is 7. The van der Waals surface area contributed by atoms with Gasteiger partial charge in [-0.2, -0.15) is 9.78 Å². The number of nitrogens with zero attached hydrogens (tertiary/aromatic N) is 3. The van der Waals surface area contributed by atoms with Crippen LogP contribution in [0.5, 0.6) is 17.2 Å². The van der Waals surface area contributed by atoms with E-state index in [-0.39, 0.29) is 24.0 Å². The molecule has 1 amide bonds. The van der Waals surface area contributed by atoms with Crippen molar-refractivity contribution in [1.29, 1.82) is 0 Å². The molecule has 1 aromatic heterocycles. The SMILES string of the molecule is CCOc1cc(C=Nn2c(-c3cc(C(C)C)c(OC)cc3C)nc3ccccc3c2=O)ccc1OCC(=O)Nc1ccccc1C. The molecule has 0 aliphatic rings. The van der Waals surface area contributed by atoms with Crippen molar-refractivity contribution < 1.29 is 19.0 Å². The predicted molar refractivity (Wildman–Crippen MR) is 183 cm³/mol. The average molecular weight is 619 g/mol. The van der Waals surface area contributed by atoms with Crippen LogP contribution in [-0.2, 0) is 4.79 Å². The quantitative estimate of drug-likeness (QED) is 0.158. The Hall–Kier alpha value is -5.44. The Morgan fingerprint density at radius 3 is 2.43 bits per heavy atom. The zero-order valence-corrected chi connectivity index (χ0v) is 27.0. The maximum absolute atomic E-state index is 13.8. The van der Waals surface area contributed by atoms with Crippen molar-refractivity contribution in [2.75, 3.05) is 25.6 Å². The Bertz CT molecular complexity index is 1980. The number of anilines is 1. The number of ether oxygens (including phenoxy) is 3. The van der Waals surface area contributed by atoms with Crippen molar-refractivity contribution in [2.45, 2.75) is 40.5 Å². The number of methoxy groups -OCH3 is 1. The lowest BCUT2D eigenvalue weighted by molar-refractivity contribution is -0.118. The molecule has 0 spiro atoms. The van der Waals surface area contributed by atoms with Gasteiger partial charge in [0.2, 0.25) is 0 Å². The number of fused-ring (bicyclic) bond motifs is 1. The number of amides is 1. The minimum atomic E-state index is -0.289. The monoisotopic (exact) mass is 618 g/mol. The molecule has 9 nitrogen and oxygen atoms in total. The molecule has 46 heavy (non-hydrogen) atoms. The summed E-state index contributed by atoms with van der Waals surface area (Å²) in [4.78, 5) is 31.3. The summed E-state index contributed by atoms with van der Waals surface area (Å²) in [5, 5.41) is 7.97. The van der Waals surface area contributed by atoms with Crippen LogP contribution >= 0.6 is 0 Å². The lowest BCUT2D eigenvalue weighted by Crippen LogP contribution is -2.21. The molecule has 0 saturated heterocycles. The van der Waals surface area contributed by atoms with Crippen molar-refractivity contribution in [3.05, 3.63) is 111 Å². The van der Waals surface area contributed by atoms with Gasteiger partial charge < -0.3 is 19.5 Å². The highest BCUT2D eigenvalue weighted by Crippen LogP contribution is 2.34. The van der Waals surface area contributed by atoms with Gasteiger partial charge in [-0.3, -0.25) is 9.59 Å². The van der Waals surface area contributed by atoms with Crippen LogP contribution in [0.2, 0.25) is 0 Å². The summed E-state index contributed by atoms with van der Waals surface area (Å²) < 4.78 is 18.6. The van der Waals surface area contributed by atoms with E-state index < -0.39 is 0 Å². The molecule has 4 aromatic carbocycles. The number of para-hydroxylation sites is 2. The second-order valence-electron chi connectivity index (χ2n) is 11.2. The number of rotatable bonds is 11. The highest BCUT2D eigenvalue weighted by atomic mass is 16.5. The molecule has 0 radical (unpaired) electrons. The fourth-order valence-corrected chi connectivity index (χ4v) is 5.13. The minimum Gasteiger partial charge on any atom is -0.496 e. The largest absolute Gasteiger partial charge is 0.496 e. The number of aryl methyl sites for hydroxylation is 2. The van der Waals surface area contributed by atoms with Crippen LogP contribution in [-0.4, -0.2) is 42.1 Å². The molecule has 1 N–H and O–H groups in total. The number of carbonyl (C=O) groups excluding carboxylic acids is 1. The van der Waals surface area contributed by atoms with E-state index in [1.54, 1.807) is 37.6 Å². The van der Waals surface area contributed by atoms with Crippen LogP contribution in [0.15, 0.2) is 88.8 Å². The summed E-state index contributed by atoms with van der Waals surface area (Å²) in [5.74, 6) is 1.97. The summed E-state index contributed by atoms with van der Waals surface area (Å²) in [6.45, 7) is 10.1. The standard InChI is InChI=1S/C37H38N4O5/c1-7-45-34-19-26(16-17-32(34)46-22-35(42)39-30-14-10-8-12-24(30)4)21-38-41-36(40-31-15-11-9-13-27(31)37(41)43)29-20-28(23(2)3)33(44-6)18-25(29)5/h8-21,23H,7,22H2,1-6H3,(H,39,42). The Morgan fingerprint density at radius 2 is 1.70 bits per heavy atom. The van der Waals surface area contributed by atoms with Gasteiger partial charge in [0.05, 0.1) is 30.8 Å². The Morgan fingerprint density at radius 1 is 0.935 bits per heavy atom. The normalized spacial score (nSPS) is 11.3. The van der Waals surface area contributed by atoms with E-state index >= 15 is 0 Å². The first kappa shape index (κ1) is 32.0. The summed E-state index contributed by atoms with van der Waals surface area (Å²) in [5.41, 5.74) is 5.35. The smallest absolute Gasteiger partial charge is 0.282 e. The third kappa shape index (κ3) is 6.94. The number of aromatic nitrogens is 2. The zero-order valence-electron chi connectivity index (χ0n) is 27.0. The van der Waals surface area contributed by atoms with Crippen molar-refractivity contribution in [3.63, 3.8) is 0 Å². The maximum Gasteiger partial charge on any atom is 0.282 e. The van der Waals surface area contributed by atoms with Gasteiger partial charge in [-0.1, -0.05) is 44.2 Å². The van der Waals surface area contributed by atoms with Crippen LogP contribution in [0.4, 0.5) is 5.69 Å². The number of carbonyl (C=O) groups is 1. The van der Waals surface area contributed by atoms with Gasteiger partial charge in [0, 0.05) is 11.3 Å². The molecule has 9 heteroatoms. The highest BCUT2D eigenvalue weighted by molar-refractivity contribution is 5.92. The second-order valence-corrected chi connectivity index (χ2v) is 11.2. The van der Waals surface area contributed by atoms with Gasteiger partial charge in [0.1, 0.15) is 5.75 Å². The summed E-state index contributed by atoms with van der Waals surface area (Å²) >= 11 is 0. The molecule has 1 heterocycles. The first-order valence-electron chi connectivity index (χ1n) is 15.2. The molecule has 5 rings (SSSR count). The lowest BCUT2D eigenvalue weighted by Gasteiger charge is -2.17. The molecule has 0 bridgehead atoms. The van der Waals surface area contributed by atoms with E-state index in [4.69, 9.17) is 19.2 Å². The fourth-order valence-electron chi connectivity index (χ4n) is 5.13. The van der Waals surface area contributed by atoms with Gasteiger partial charge >= 0.3 is 0 Å². The summed E-state index contributed by atoms with van der Waals surface area (Å²) in [6, 6.07) is 24.0. The van der Waals surface area contributed by atoms with Crippen molar-refractivity contribution in [1.82, 2.24) is 9.66 Å². The van der Waals surface area contributed by atoms with Crippen molar-refractivity contribution in [2.24, 2.45) is 5.10 Å². The van der Waals surface area contributed by atoms with E-state index in [9.17, 15) is 9.59 Å². The van der Waals surface area contributed by atoms with Crippen LogP contribution in [0.3, 0.4) is 0 Å². The Kier molecular flexibility index (Phi) is 9.81. The van der Waals surface area contributed by atoms with Gasteiger partial charge in [-0.05, 0) is 97.5 Å². The molecule has 0 aliphatic carbocycles. The third-order valence-corrected chi connectivity index (χ3v) is 7.56. The van der Waals surface area contributed by atoms with Crippen LogP contribution in [0.25, 0.3) is 22.3 Å². The van der Waals surface area contributed by atoms with Crippen LogP contribution in [0.1, 0.15) is 48.9 Å². The van der Waals surface area contributed by atoms with E-state index in [1.807, 2.05) is 75.4 Å². The molecule has 0 saturated carbocycles. The van der Waals surface area contributed by atoms with Gasteiger partial charge in [-0.25, -0.2) is 4.98 Å². The van der Waals surface area contributed by atoms with Crippen LogP contribution in [0, 0.1) is 13.8 Å². The molecule has 236 valence electrons. The molecule has 0 fully saturated rings. The topological polar surface area (TPSA) is 104 Å². The first-order valence-corrected chi connectivity index (χ1v) is 15.2. The Labute approximate surface area is 268 Å². The molecular formula is C37H38N4O5. The maximum atomic E-state index is 13.8. The fraction of sp³-hybridized carbons (Fsp3) is 0.243. The summed E-state index contributed by atoms with van der Waals surface area (Å²) in [7, 11) is 1.65. The van der Waals surface area contributed by atoms with Crippen molar-refractivity contribution >= 4 is 28.7 Å². The van der Waals surface area contributed by atoms with Gasteiger partial charge in [-0.15, -0.1) is 0 Å². The zero-order chi connectivity index (χ0) is 32.8. The van der Waals surface area contributed by atoms with E-state index in [1.165, 1.54) is 4.68 Å². The van der Waals surface area contributed by atoms with Gasteiger partial charge in [0.25, 0.3) is 11.5 Å². The predicted octanol–water partition coefficient (Wildman–Crippen LogP) is 7.11. The Balaban J connectivity index is 1.49. The lowest BCUT2D eigenvalue weighted by atomic mass is 9.96.